The lowest BCUT2D eigenvalue weighted by Crippen LogP contribution is -2.37. The van der Waals surface area contributed by atoms with Crippen LogP contribution in [0, 0.1) is 13.8 Å². The van der Waals surface area contributed by atoms with Gasteiger partial charge in [-0.3, -0.25) is 0 Å². The SMILES string of the molecule is Cc1noc(C)c1S(=O)(=O)N[C@H](C)CC(C)(C)c1ccccc1. The van der Waals surface area contributed by atoms with Crippen LogP contribution in [0.25, 0.3) is 0 Å². The first-order valence-corrected chi connectivity index (χ1v) is 9.12. The molecule has 0 spiro atoms. The van der Waals surface area contributed by atoms with Crippen molar-refractivity contribution in [2.45, 2.75) is 57.4 Å². The Kier molecular flexibility index (Phi) is 4.96. The van der Waals surface area contributed by atoms with E-state index in [0.29, 0.717) is 17.9 Å². The maximum absolute atomic E-state index is 12.6. The molecule has 0 saturated heterocycles. The van der Waals surface area contributed by atoms with Gasteiger partial charge < -0.3 is 4.52 Å². The van der Waals surface area contributed by atoms with Gasteiger partial charge in [-0.2, -0.15) is 0 Å². The number of nitrogens with zero attached hydrogens (tertiary/aromatic N) is 1. The summed E-state index contributed by atoms with van der Waals surface area (Å²) in [4.78, 5) is 0.141. The molecule has 0 amide bonds. The maximum atomic E-state index is 12.6. The van der Waals surface area contributed by atoms with Gasteiger partial charge in [0.1, 0.15) is 10.6 Å². The van der Waals surface area contributed by atoms with E-state index in [-0.39, 0.29) is 16.4 Å². The minimum Gasteiger partial charge on any atom is -0.360 e. The number of rotatable bonds is 6. The van der Waals surface area contributed by atoms with E-state index in [0.717, 1.165) is 0 Å². The smallest absolute Gasteiger partial charge is 0.246 e. The van der Waals surface area contributed by atoms with Gasteiger partial charge in [-0.05, 0) is 38.2 Å². The van der Waals surface area contributed by atoms with Crippen LogP contribution in [0.4, 0.5) is 0 Å². The Bertz CT molecular complexity index is 745. The molecule has 1 N–H and O–H groups in total. The van der Waals surface area contributed by atoms with Gasteiger partial charge in [0.15, 0.2) is 5.76 Å². The standard InChI is InChI=1S/C17H24N2O3S/c1-12(11-17(4,5)15-9-7-6-8-10-15)19-23(20,21)16-13(2)18-22-14(16)3/h6-10,12,19H,11H2,1-5H3/t12-/m1/s1. The second kappa shape index (κ2) is 6.45. The average molecular weight is 336 g/mol. The van der Waals surface area contributed by atoms with Crippen molar-refractivity contribution < 1.29 is 12.9 Å². The molecule has 0 fully saturated rings. The van der Waals surface area contributed by atoms with Crippen molar-refractivity contribution in [1.82, 2.24) is 9.88 Å². The van der Waals surface area contributed by atoms with Crippen molar-refractivity contribution in [2.75, 3.05) is 0 Å². The highest BCUT2D eigenvalue weighted by Gasteiger charge is 2.29. The van der Waals surface area contributed by atoms with Crippen LogP contribution in [0.2, 0.25) is 0 Å². The van der Waals surface area contributed by atoms with E-state index in [1.807, 2.05) is 25.1 Å². The summed E-state index contributed by atoms with van der Waals surface area (Å²) >= 11 is 0. The summed E-state index contributed by atoms with van der Waals surface area (Å²) in [6.07, 6.45) is 0.680. The molecule has 1 heterocycles. The van der Waals surface area contributed by atoms with Crippen LogP contribution >= 0.6 is 0 Å². The lowest BCUT2D eigenvalue weighted by molar-refractivity contribution is 0.390. The van der Waals surface area contributed by atoms with Crippen LogP contribution in [0.1, 0.15) is 44.2 Å². The number of aromatic nitrogens is 1. The zero-order chi connectivity index (χ0) is 17.3. The lowest BCUT2D eigenvalue weighted by atomic mass is 9.79. The maximum Gasteiger partial charge on any atom is 0.246 e. The molecule has 1 aromatic heterocycles. The van der Waals surface area contributed by atoms with Gasteiger partial charge in [0.25, 0.3) is 0 Å². The Balaban J connectivity index is 2.15. The van der Waals surface area contributed by atoms with Crippen LogP contribution in [0.5, 0.6) is 0 Å². The molecule has 126 valence electrons. The number of sulfonamides is 1. The number of benzene rings is 1. The van der Waals surface area contributed by atoms with E-state index in [9.17, 15) is 8.42 Å². The van der Waals surface area contributed by atoms with Gasteiger partial charge >= 0.3 is 0 Å². The van der Waals surface area contributed by atoms with Gasteiger partial charge in [-0.15, -0.1) is 0 Å². The fraction of sp³-hybridized carbons (Fsp3) is 0.471. The first-order chi connectivity index (χ1) is 10.6. The highest BCUT2D eigenvalue weighted by molar-refractivity contribution is 7.89. The summed E-state index contributed by atoms with van der Waals surface area (Å²) in [5.41, 5.74) is 1.43. The first-order valence-electron chi connectivity index (χ1n) is 7.64. The highest BCUT2D eigenvalue weighted by Crippen LogP contribution is 2.29. The zero-order valence-corrected chi connectivity index (χ0v) is 15.1. The summed E-state index contributed by atoms with van der Waals surface area (Å²) in [6.45, 7) is 9.34. The molecule has 0 aliphatic carbocycles. The van der Waals surface area contributed by atoms with Crippen LogP contribution in [-0.2, 0) is 15.4 Å². The van der Waals surface area contributed by atoms with E-state index in [4.69, 9.17) is 4.52 Å². The number of nitrogens with one attached hydrogen (secondary N) is 1. The summed E-state index contributed by atoms with van der Waals surface area (Å²) < 4.78 is 32.8. The number of hydrogen-bond acceptors (Lipinski definition) is 4. The van der Waals surface area contributed by atoms with Crippen molar-refractivity contribution in [1.29, 1.82) is 0 Å². The Morgan fingerprint density at radius 1 is 1.22 bits per heavy atom. The fourth-order valence-corrected chi connectivity index (χ4v) is 4.57. The van der Waals surface area contributed by atoms with Gasteiger partial charge in [0.2, 0.25) is 10.0 Å². The van der Waals surface area contributed by atoms with Crippen molar-refractivity contribution >= 4 is 10.0 Å². The van der Waals surface area contributed by atoms with Gasteiger partial charge in [-0.25, -0.2) is 13.1 Å². The van der Waals surface area contributed by atoms with E-state index in [1.54, 1.807) is 13.8 Å². The lowest BCUT2D eigenvalue weighted by Gasteiger charge is -2.29. The molecular formula is C17H24N2O3S. The van der Waals surface area contributed by atoms with Crippen molar-refractivity contribution in [2.24, 2.45) is 0 Å². The van der Waals surface area contributed by atoms with Crippen molar-refractivity contribution in [3.8, 4) is 0 Å². The molecule has 2 aromatic rings. The highest BCUT2D eigenvalue weighted by atomic mass is 32.2. The Morgan fingerprint density at radius 3 is 2.35 bits per heavy atom. The monoisotopic (exact) mass is 336 g/mol. The minimum atomic E-state index is -3.64. The van der Waals surface area contributed by atoms with Gasteiger partial charge in [-0.1, -0.05) is 49.3 Å². The molecular weight excluding hydrogens is 312 g/mol. The summed E-state index contributed by atoms with van der Waals surface area (Å²) in [5, 5.41) is 3.72. The third-order valence-electron chi connectivity index (χ3n) is 3.96. The zero-order valence-electron chi connectivity index (χ0n) is 14.3. The Morgan fingerprint density at radius 2 is 1.83 bits per heavy atom. The Hall–Kier alpha value is -1.66. The quantitative estimate of drug-likeness (QED) is 0.878. The molecule has 0 bridgehead atoms. The summed E-state index contributed by atoms with van der Waals surface area (Å²) in [6, 6.07) is 9.88. The summed E-state index contributed by atoms with van der Waals surface area (Å²) in [5.74, 6) is 0.310. The normalized spacial score (nSPS) is 14.0. The summed E-state index contributed by atoms with van der Waals surface area (Å²) in [7, 11) is -3.64. The second-order valence-electron chi connectivity index (χ2n) is 6.63. The molecule has 1 aromatic carbocycles. The predicted molar refractivity (Wildman–Crippen MR) is 89.8 cm³/mol. The third-order valence-corrected chi connectivity index (χ3v) is 5.80. The number of aryl methyl sites for hydroxylation is 2. The van der Waals surface area contributed by atoms with Crippen LogP contribution in [0.3, 0.4) is 0 Å². The van der Waals surface area contributed by atoms with Gasteiger partial charge in [0, 0.05) is 6.04 Å². The Labute approximate surface area is 138 Å². The van der Waals surface area contributed by atoms with E-state index < -0.39 is 10.0 Å². The van der Waals surface area contributed by atoms with E-state index in [2.05, 4.69) is 35.9 Å². The topological polar surface area (TPSA) is 72.2 Å². The van der Waals surface area contributed by atoms with E-state index >= 15 is 0 Å². The molecule has 0 aliphatic heterocycles. The van der Waals surface area contributed by atoms with Crippen LogP contribution in [0.15, 0.2) is 39.8 Å². The molecule has 0 aliphatic rings. The molecule has 23 heavy (non-hydrogen) atoms. The molecule has 0 unspecified atom stereocenters. The molecule has 1 atom stereocenters. The number of hydrogen-bond donors (Lipinski definition) is 1. The second-order valence-corrected chi connectivity index (χ2v) is 8.28. The molecule has 0 saturated carbocycles. The van der Waals surface area contributed by atoms with Crippen LogP contribution < -0.4 is 4.72 Å². The first kappa shape index (κ1) is 17.7. The fourth-order valence-electron chi connectivity index (χ4n) is 3.00. The van der Waals surface area contributed by atoms with Crippen LogP contribution in [-0.4, -0.2) is 19.6 Å². The molecule has 0 radical (unpaired) electrons. The molecule has 6 heteroatoms. The van der Waals surface area contributed by atoms with E-state index in [1.165, 1.54) is 5.56 Å². The predicted octanol–water partition coefficient (Wildman–Crippen LogP) is 3.33. The largest absolute Gasteiger partial charge is 0.360 e. The van der Waals surface area contributed by atoms with Gasteiger partial charge in [0.05, 0.1) is 0 Å². The van der Waals surface area contributed by atoms with Crippen molar-refractivity contribution in [3.05, 3.63) is 47.3 Å². The third kappa shape index (κ3) is 4.00. The minimum absolute atomic E-state index is 0.137. The molecule has 2 rings (SSSR count). The molecule has 5 nitrogen and oxygen atoms in total. The average Bonchev–Trinajstić information content (AvgIpc) is 2.78. The van der Waals surface area contributed by atoms with Crippen molar-refractivity contribution in [3.63, 3.8) is 0 Å².